The Hall–Kier alpha value is -0.480. The van der Waals surface area contributed by atoms with Crippen LogP contribution in [0.3, 0.4) is 0 Å². The van der Waals surface area contributed by atoms with Gasteiger partial charge < -0.3 is 10.4 Å². The van der Waals surface area contributed by atoms with Crippen molar-refractivity contribution < 1.29 is 9.90 Å². The maximum absolute atomic E-state index is 11.1. The molecule has 0 aliphatic heterocycles. The van der Waals surface area contributed by atoms with Gasteiger partial charge in [0.05, 0.1) is 6.61 Å². The Morgan fingerprint density at radius 3 is 2.69 bits per heavy atom. The van der Waals surface area contributed by atoms with Gasteiger partial charge in [0.1, 0.15) is 0 Å². The molecule has 0 rings (SSSR count). The number of carbonyl (C=O) groups is 1. The molecule has 0 saturated heterocycles. The average Bonchev–Trinajstić information content (AvgIpc) is 2.06. The molecule has 0 bridgehead atoms. The molecular weight excluding hydrogens is 186 g/mol. The highest BCUT2D eigenvalue weighted by molar-refractivity contribution is 7.99. The highest BCUT2D eigenvalue weighted by Crippen LogP contribution is 2.09. The number of hydrogen-bond acceptors (Lipinski definition) is 3. The molecule has 0 aliphatic rings. The number of allylic oxidation sites excluding steroid dienone is 1. The predicted molar refractivity (Wildman–Crippen MR) is 56.8 cm³/mol. The molecular formula is C9H17NO2S. The molecule has 0 heterocycles. The van der Waals surface area contributed by atoms with Gasteiger partial charge in [-0.15, -0.1) is 0 Å². The first-order valence-electron chi connectivity index (χ1n) is 4.22. The van der Waals surface area contributed by atoms with Gasteiger partial charge in [-0.2, -0.15) is 11.8 Å². The van der Waals surface area contributed by atoms with Crippen LogP contribution in [0, 0.1) is 0 Å². The van der Waals surface area contributed by atoms with Crippen molar-refractivity contribution in [2.75, 3.05) is 12.9 Å². The van der Waals surface area contributed by atoms with Gasteiger partial charge in [-0.1, -0.05) is 6.08 Å². The van der Waals surface area contributed by atoms with Crippen molar-refractivity contribution in [3.05, 3.63) is 12.2 Å². The summed E-state index contributed by atoms with van der Waals surface area (Å²) in [7, 11) is 0. The minimum atomic E-state index is -0.109. The molecule has 0 saturated carbocycles. The molecule has 2 N–H and O–H groups in total. The third-order valence-electron chi connectivity index (χ3n) is 1.73. The maximum atomic E-state index is 11.1. The topological polar surface area (TPSA) is 49.3 Å². The van der Waals surface area contributed by atoms with E-state index < -0.39 is 0 Å². The minimum absolute atomic E-state index is 0.0105. The predicted octanol–water partition coefficient (Wildman–Crippen LogP) is 0.791. The fraction of sp³-hybridized carbons (Fsp3) is 0.667. The van der Waals surface area contributed by atoms with Crippen molar-refractivity contribution in [2.24, 2.45) is 0 Å². The minimum Gasteiger partial charge on any atom is -0.395 e. The fourth-order valence-corrected chi connectivity index (χ4v) is 1.58. The van der Waals surface area contributed by atoms with Crippen LogP contribution in [-0.2, 0) is 4.79 Å². The highest BCUT2D eigenvalue weighted by atomic mass is 32.2. The van der Waals surface area contributed by atoms with Gasteiger partial charge >= 0.3 is 0 Å². The Morgan fingerprint density at radius 1 is 1.69 bits per heavy atom. The van der Waals surface area contributed by atoms with Crippen LogP contribution in [0.1, 0.15) is 13.8 Å². The highest BCUT2D eigenvalue weighted by Gasteiger charge is 2.15. The van der Waals surface area contributed by atoms with Crippen molar-refractivity contribution in [3.63, 3.8) is 0 Å². The van der Waals surface area contributed by atoms with Gasteiger partial charge in [0.2, 0.25) is 5.91 Å². The first-order chi connectivity index (χ1) is 6.15. The number of aliphatic hydroxyl groups excluding tert-OH is 1. The van der Waals surface area contributed by atoms with Crippen molar-refractivity contribution in [2.45, 2.75) is 25.1 Å². The summed E-state index contributed by atoms with van der Waals surface area (Å²) >= 11 is 1.55. The van der Waals surface area contributed by atoms with Crippen LogP contribution in [-0.4, -0.2) is 35.2 Å². The van der Waals surface area contributed by atoms with E-state index in [0.29, 0.717) is 0 Å². The third-order valence-corrected chi connectivity index (χ3v) is 2.89. The Labute approximate surface area is 83.6 Å². The first-order valence-corrected chi connectivity index (χ1v) is 5.51. The molecule has 0 aliphatic carbocycles. The van der Waals surface area contributed by atoms with Crippen LogP contribution < -0.4 is 5.32 Å². The zero-order valence-corrected chi connectivity index (χ0v) is 9.10. The van der Waals surface area contributed by atoms with E-state index in [1.165, 1.54) is 6.08 Å². The molecule has 0 aromatic heterocycles. The third kappa shape index (κ3) is 4.95. The lowest BCUT2D eigenvalue weighted by atomic mass is 10.2. The lowest BCUT2D eigenvalue weighted by Crippen LogP contribution is -2.40. The number of carbonyl (C=O) groups excluding carboxylic acids is 1. The summed E-state index contributed by atoms with van der Waals surface area (Å²) in [5.74, 6) is -0.109. The molecule has 4 heteroatoms. The number of hydrogen-bond donors (Lipinski definition) is 2. The molecule has 0 spiro atoms. The van der Waals surface area contributed by atoms with Crippen molar-refractivity contribution in [1.82, 2.24) is 5.32 Å². The molecule has 2 unspecified atom stereocenters. The molecule has 3 nitrogen and oxygen atoms in total. The van der Waals surface area contributed by atoms with Crippen LogP contribution in [0.15, 0.2) is 12.2 Å². The number of nitrogens with one attached hydrogen (secondary N) is 1. The van der Waals surface area contributed by atoms with E-state index in [4.69, 9.17) is 5.11 Å². The molecule has 0 radical (unpaired) electrons. The number of thioether (sulfide) groups is 1. The van der Waals surface area contributed by atoms with Gasteiger partial charge in [-0.3, -0.25) is 4.79 Å². The lowest BCUT2D eigenvalue weighted by molar-refractivity contribution is -0.117. The molecule has 13 heavy (non-hydrogen) atoms. The van der Waals surface area contributed by atoms with E-state index >= 15 is 0 Å². The first kappa shape index (κ1) is 12.5. The van der Waals surface area contributed by atoms with E-state index in [9.17, 15) is 4.79 Å². The normalized spacial score (nSPS) is 15.7. The van der Waals surface area contributed by atoms with Crippen LogP contribution in [0.4, 0.5) is 0 Å². The summed E-state index contributed by atoms with van der Waals surface area (Å²) in [6, 6.07) is -0.0105. The zero-order valence-electron chi connectivity index (χ0n) is 8.28. The second kappa shape index (κ2) is 6.97. The van der Waals surface area contributed by atoms with E-state index in [1.54, 1.807) is 24.8 Å². The van der Waals surface area contributed by atoms with Gasteiger partial charge in [-0.05, 0) is 26.2 Å². The Balaban J connectivity index is 3.97. The molecule has 0 aromatic rings. The summed E-state index contributed by atoms with van der Waals surface area (Å²) in [4.78, 5) is 11.1. The number of amides is 1. The van der Waals surface area contributed by atoms with Gasteiger partial charge in [-0.25, -0.2) is 0 Å². The fourth-order valence-electron chi connectivity index (χ4n) is 0.954. The van der Waals surface area contributed by atoms with E-state index in [-0.39, 0.29) is 23.8 Å². The van der Waals surface area contributed by atoms with Crippen LogP contribution in [0.5, 0.6) is 0 Å². The van der Waals surface area contributed by atoms with Crippen molar-refractivity contribution in [1.29, 1.82) is 0 Å². The summed E-state index contributed by atoms with van der Waals surface area (Å²) < 4.78 is 0. The van der Waals surface area contributed by atoms with Gasteiger partial charge in [0, 0.05) is 11.3 Å². The second-order valence-electron chi connectivity index (χ2n) is 2.75. The van der Waals surface area contributed by atoms with Gasteiger partial charge in [0.15, 0.2) is 0 Å². The van der Waals surface area contributed by atoms with E-state index in [2.05, 4.69) is 5.32 Å². The smallest absolute Gasteiger partial charge is 0.243 e. The summed E-state index contributed by atoms with van der Waals surface area (Å²) in [6.07, 6.45) is 5.08. The maximum Gasteiger partial charge on any atom is 0.243 e. The van der Waals surface area contributed by atoms with E-state index in [1.807, 2.05) is 13.2 Å². The zero-order chi connectivity index (χ0) is 10.3. The summed E-state index contributed by atoms with van der Waals surface area (Å²) in [5, 5.41) is 11.8. The molecule has 2 atom stereocenters. The summed E-state index contributed by atoms with van der Waals surface area (Å²) in [5.41, 5.74) is 0. The van der Waals surface area contributed by atoms with Crippen LogP contribution >= 0.6 is 11.8 Å². The van der Waals surface area contributed by atoms with Crippen LogP contribution in [0.2, 0.25) is 0 Å². The van der Waals surface area contributed by atoms with Crippen molar-refractivity contribution in [3.8, 4) is 0 Å². The average molecular weight is 203 g/mol. The number of aliphatic hydroxyl groups is 1. The molecule has 0 fully saturated rings. The Kier molecular flexibility index (Phi) is 6.72. The Morgan fingerprint density at radius 2 is 2.31 bits per heavy atom. The lowest BCUT2D eigenvalue weighted by Gasteiger charge is -2.20. The SMILES string of the molecule is C/C=C/C(=O)NC(C)C(CO)SC. The van der Waals surface area contributed by atoms with E-state index in [0.717, 1.165) is 0 Å². The largest absolute Gasteiger partial charge is 0.395 e. The second-order valence-corrected chi connectivity index (χ2v) is 3.83. The van der Waals surface area contributed by atoms with Crippen LogP contribution in [0.25, 0.3) is 0 Å². The quantitative estimate of drug-likeness (QED) is 0.650. The number of rotatable bonds is 5. The van der Waals surface area contributed by atoms with Gasteiger partial charge in [0.25, 0.3) is 0 Å². The summed E-state index contributed by atoms with van der Waals surface area (Å²) in [6.45, 7) is 3.76. The Bertz CT molecular complexity index is 178. The van der Waals surface area contributed by atoms with Crippen molar-refractivity contribution >= 4 is 17.7 Å². The molecule has 0 aromatic carbocycles. The molecule has 1 amide bonds. The standard InChI is InChI=1S/C9H17NO2S/c1-4-5-9(12)10-7(2)8(6-11)13-3/h4-5,7-8,11H,6H2,1-3H3,(H,10,12)/b5-4+. The molecule has 76 valence electrons. The monoisotopic (exact) mass is 203 g/mol.